The lowest BCUT2D eigenvalue weighted by Crippen LogP contribution is -2.48. The Kier molecular flexibility index (Phi) is 7.30. The summed E-state index contributed by atoms with van der Waals surface area (Å²) in [6.07, 6.45) is 0. The first kappa shape index (κ1) is 22.6. The molecule has 0 radical (unpaired) electrons. The van der Waals surface area contributed by atoms with Gasteiger partial charge in [0.15, 0.2) is 0 Å². The van der Waals surface area contributed by atoms with Crippen LogP contribution in [0.3, 0.4) is 0 Å². The van der Waals surface area contributed by atoms with Crippen LogP contribution in [0.15, 0.2) is 66.7 Å². The molecule has 1 aliphatic heterocycles. The van der Waals surface area contributed by atoms with Crippen molar-refractivity contribution < 1.29 is 13.9 Å². The molecule has 0 bridgehead atoms. The highest BCUT2D eigenvalue weighted by atomic mass is 35.5. The molecule has 3 aromatic carbocycles. The lowest BCUT2D eigenvalue weighted by atomic mass is 10.1. The first-order chi connectivity index (χ1) is 15.5. The molecule has 4 nitrogen and oxygen atoms in total. The van der Waals surface area contributed by atoms with Crippen LogP contribution in [0.5, 0.6) is 5.75 Å². The summed E-state index contributed by atoms with van der Waals surface area (Å²) in [5, 5.41) is 0.985. The van der Waals surface area contributed by atoms with Crippen molar-refractivity contribution in [2.45, 2.75) is 13.2 Å². The summed E-state index contributed by atoms with van der Waals surface area (Å²) >= 11 is 12.3. The van der Waals surface area contributed by atoms with Crippen molar-refractivity contribution in [1.82, 2.24) is 9.80 Å². The summed E-state index contributed by atoms with van der Waals surface area (Å²) in [6.45, 7) is 3.67. The van der Waals surface area contributed by atoms with Gasteiger partial charge >= 0.3 is 0 Å². The SMILES string of the molecule is O=C(c1cccc(COc2ccccc2Cl)c1)N1CCN(Cc2ccc(F)cc2Cl)CC1. The lowest BCUT2D eigenvalue weighted by Gasteiger charge is -2.35. The zero-order chi connectivity index (χ0) is 22.5. The highest BCUT2D eigenvalue weighted by Crippen LogP contribution is 2.24. The van der Waals surface area contributed by atoms with Gasteiger partial charge in [-0.05, 0) is 47.5 Å². The van der Waals surface area contributed by atoms with Crippen molar-refractivity contribution in [2.75, 3.05) is 26.2 Å². The number of halogens is 3. The van der Waals surface area contributed by atoms with Gasteiger partial charge in [0.25, 0.3) is 5.91 Å². The molecule has 0 atom stereocenters. The second-order valence-corrected chi connectivity index (χ2v) is 8.54. The monoisotopic (exact) mass is 472 g/mol. The number of amides is 1. The van der Waals surface area contributed by atoms with Gasteiger partial charge in [-0.25, -0.2) is 4.39 Å². The molecule has 1 fully saturated rings. The number of benzene rings is 3. The van der Waals surface area contributed by atoms with Crippen molar-refractivity contribution >= 4 is 29.1 Å². The van der Waals surface area contributed by atoms with Gasteiger partial charge in [0, 0.05) is 43.3 Å². The number of hydrogen-bond acceptors (Lipinski definition) is 3. The minimum absolute atomic E-state index is 0.00376. The van der Waals surface area contributed by atoms with Gasteiger partial charge in [-0.3, -0.25) is 9.69 Å². The van der Waals surface area contributed by atoms with E-state index in [1.165, 1.54) is 12.1 Å². The maximum Gasteiger partial charge on any atom is 0.253 e. The predicted octanol–water partition coefficient (Wildman–Crippen LogP) is 5.67. The molecule has 32 heavy (non-hydrogen) atoms. The molecule has 1 aliphatic rings. The Morgan fingerprint density at radius 2 is 1.69 bits per heavy atom. The Hall–Kier alpha value is -2.60. The van der Waals surface area contributed by atoms with E-state index in [9.17, 15) is 9.18 Å². The Morgan fingerprint density at radius 1 is 0.906 bits per heavy atom. The molecule has 1 heterocycles. The third kappa shape index (κ3) is 5.60. The summed E-state index contributed by atoms with van der Waals surface area (Å²) in [5.41, 5.74) is 2.43. The molecule has 0 aromatic heterocycles. The smallest absolute Gasteiger partial charge is 0.253 e. The molecule has 0 saturated carbocycles. The third-order valence-corrected chi connectivity index (χ3v) is 6.14. The highest BCUT2D eigenvalue weighted by molar-refractivity contribution is 6.32. The van der Waals surface area contributed by atoms with Crippen LogP contribution in [-0.2, 0) is 13.2 Å². The zero-order valence-electron chi connectivity index (χ0n) is 17.4. The van der Waals surface area contributed by atoms with E-state index in [2.05, 4.69) is 4.90 Å². The normalized spacial score (nSPS) is 14.4. The van der Waals surface area contributed by atoms with Gasteiger partial charge in [-0.2, -0.15) is 0 Å². The molecule has 0 unspecified atom stereocenters. The number of carbonyl (C=O) groups is 1. The minimum atomic E-state index is -0.339. The number of carbonyl (C=O) groups excluding carboxylic acids is 1. The Balaban J connectivity index is 1.33. The maximum absolute atomic E-state index is 13.3. The van der Waals surface area contributed by atoms with Crippen LogP contribution >= 0.6 is 23.2 Å². The van der Waals surface area contributed by atoms with E-state index in [0.29, 0.717) is 47.6 Å². The Bertz CT molecular complexity index is 1100. The fourth-order valence-electron chi connectivity index (χ4n) is 3.70. The van der Waals surface area contributed by atoms with Crippen LogP contribution < -0.4 is 4.74 Å². The van der Waals surface area contributed by atoms with Crippen LogP contribution in [0.4, 0.5) is 4.39 Å². The van der Waals surface area contributed by atoms with Crippen molar-refractivity contribution in [2.24, 2.45) is 0 Å². The number of ether oxygens (including phenoxy) is 1. The second-order valence-electron chi connectivity index (χ2n) is 7.72. The zero-order valence-corrected chi connectivity index (χ0v) is 19.0. The van der Waals surface area contributed by atoms with E-state index in [0.717, 1.165) is 24.2 Å². The number of rotatable bonds is 6. The van der Waals surface area contributed by atoms with Crippen LogP contribution in [-0.4, -0.2) is 41.9 Å². The first-order valence-electron chi connectivity index (χ1n) is 10.4. The molecule has 3 aromatic rings. The maximum atomic E-state index is 13.3. The van der Waals surface area contributed by atoms with Gasteiger partial charge < -0.3 is 9.64 Å². The van der Waals surface area contributed by atoms with E-state index in [4.69, 9.17) is 27.9 Å². The molecule has 1 amide bonds. The highest BCUT2D eigenvalue weighted by Gasteiger charge is 2.23. The fourth-order valence-corrected chi connectivity index (χ4v) is 4.12. The number of para-hydroxylation sites is 1. The summed E-state index contributed by atoms with van der Waals surface area (Å²) in [7, 11) is 0. The molecular formula is C25H23Cl2FN2O2. The number of hydrogen-bond donors (Lipinski definition) is 0. The standard InChI is InChI=1S/C25H23Cl2FN2O2/c26-22-6-1-2-7-24(22)32-17-18-4-3-5-19(14-18)25(31)30-12-10-29(11-13-30)16-20-8-9-21(28)15-23(20)27/h1-9,14-15H,10-13,16-17H2. The topological polar surface area (TPSA) is 32.8 Å². The van der Waals surface area contributed by atoms with Crippen molar-refractivity contribution in [3.8, 4) is 5.75 Å². The first-order valence-corrected chi connectivity index (χ1v) is 11.2. The summed E-state index contributed by atoms with van der Waals surface area (Å²) < 4.78 is 19.0. The molecule has 0 spiro atoms. The fraction of sp³-hybridized carbons (Fsp3) is 0.240. The van der Waals surface area contributed by atoms with Crippen LogP contribution in [0.25, 0.3) is 0 Å². The molecule has 1 saturated heterocycles. The average Bonchev–Trinajstić information content (AvgIpc) is 2.80. The van der Waals surface area contributed by atoms with Crippen molar-refractivity contribution in [3.05, 3.63) is 99.3 Å². The minimum Gasteiger partial charge on any atom is -0.487 e. The second kappa shape index (κ2) is 10.3. The Labute approximate surface area is 197 Å². The average molecular weight is 473 g/mol. The summed E-state index contributed by atoms with van der Waals surface area (Å²) in [4.78, 5) is 17.1. The molecular weight excluding hydrogens is 450 g/mol. The Morgan fingerprint density at radius 3 is 2.44 bits per heavy atom. The van der Waals surface area contributed by atoms with Gasteiger partial charge in [0.05, 0.1) is 5.02 Å². The molecule has 7 heteroatoms. The van der Waals surface area contributed by atoms with E-state index < -0.39 is 0 Å². The van der Waals surface area contributed by atoms with Crippen LogP contribution in [0.2, 0.25) is 10.0 Å². The predicted molar refractivity (Wildman–Crippen MR) is 125 cm³/mol. The molecule has 166 valence electrons. The van der Waals surface area contributed by atoms with Crippen molar-refractivity contribution in [1.29, 1.82) is 0 Å². The van der Waals surface area contributed by atoms with Gasteiger partial charge in [0.1, 0.15) is 18.2 Å². The van der Waals surface area contributed by atoms with Gasteiger partial charge in [-0.1, -0.05) is 53.5 Å². The van der Waals surface area contributed by atoms with Crippen molar-refractivity contribution in [3.63, 3.8) is 0 Å². The number of nitrogens with zero attached hydrogens (tertiary/aromatic N) is 2. The molecule has 0 aliphatic carbocycles. The van der Waals surface area contributed by atoms with Gasteiger partial charge in [-0.15, -0.1) is 0 Å². The van der Waals surface area contributed by atoms with E-state index in [1.54, 1.807) is 12.1 Å². The summed E-state index contributed by atoms with van der Waals surface area (Å²) in [6, 6.07) is 19.3. The van der Waals surface area contributed by atoms with E-state index in [1.807, 2.05) is 47.4 Å². The van der Waals surface area contributed by atoms with Gasteiger partial charge in [0.2, 0.25) is 0 Å². The van der Waals surface area contributed by atoms with Crippen LogP contribution in [0, 0.1) is 5.82 Å². The lowest BCUT2D eigenvalue weighted by molar-refractivity contribution is 0.0628. The molecule has 4 rings (SSSR count). The van der Waals surface area contributed by atoms with E-state index >= 15 is 0 Å². The quantitative estimate of drug-likeness (QED) is 0.463. The largest absolute Gasteiger partial charge is 0.487 e. The molecule has 0 N–H and O–H groups in total. The number of piperazine rings is 1. The third-order valence-electron chi connectivity index (χ3n) is 5.47. The van der Waals surface area contributed by atoms with Crippen LogP contribution in [0.1, 0.15) is 21.5 Å². The van der Waals surface area contributed by atoms with E-state index in [-0.39, 0.29) is 11.7 Å². The summed E-state index contributed by atoms with van der Waals surface area (Å²) in [5.74, 6) is 0.279.